The minimum atomic E-state index is 0.955. The van der Waals surface area contributed by atoms with E-state index in [0.717, 1.165) is 31.9 Å². The number of aromatic nitrogens is 1. The standard InChI is InChI=1S/C17H22N3O/c1-18-10-6-5-9-17(18)20-13-11-19(12-14-20)15-7-3-4-8-16(15)21-2/h3-10H,11-14H2,1-2H3/q+1. The zero-order valence-corrected chi connectivity index (χ0v) is 12.7. The van der Waals surface area contributed by atoms with Gasteiger partial charge in [0, 0.05) is 6.07 Å². The lowest BCUT2D eigenvalue weighted by molar-refractivity contribution is -0.659. The van der Waals surface area contributed by atoms with Gasteiger partial charge >= 0.3 is 0 Å². The van der Waals surface area contributed by atoms with Crippen LogP contribution in [0, 0.1) is 0 Å². The Kier molecular flexibility index (Phi) is 3.95. The van der Waals surface area contributed by atoms with Gasteiger partial charge in [-0.3, -0.25) is 4.90 Å². The smallest absolute Gasteiger partial charge is 0.276 e. The van der Waals surface area contributed by atoms with Gasteiger partial charge in [-0.15, -0.1) is 0 Å². The fourth-order valence-electron chi connectivity index (χ4n) is 2.91. The lowest BCUT2D eigenvalue weighted by Crippen LogP contribution is -2.50. The number of piperazine rings is 1. The van der Waals surface area contributed by atoms with Gasteiger partial charge in [0.25, 0.3) is 5.82 Å². The van der Waals surface area contributed by atoms with E-state index in [-0.39, 0.29) is 0 Å². The Morgan fingerprint density at radius 2 is 1.57 bits per heavy atom. The average Bonchev–Trinajstić information content (AvgIpc) is 2.55. The van der Waals surface area contributed by atoms with Gasteiger partial charge in [0.1, 0.15) is 18.8 Å². The third-order valence-corrected chi connectivity index (χ3v) is 4.06. The molecule has 0 bridgehead atoms. The Labute approximate surface area is 126 Å². The molecule has 0 spiro atoms. The minimum absolute atomic E-state index is 0.955. The second kappa shape index (κ2) is 6.04. The van der Waals surface area contributed by atoms with E-state index in [1.54, 1.807) is 7.11 Å². The number of anilines is 2. The molecule has 1 aromatic carbocycles. The summed E-state index contributed by atoms with van der Waals surface area (Å²) >= 11 is 0. The summed E-state index contributed by atoms with van der Waals surface area (Å²) in [7, 11) is 3.83. The number of pyridine rings is 1. The molecule has 0 N–H and O–H groups in total. The van der Waals surface area contributed by atoms with E-state index in [2.05, 4.69) is 57.9 Å². The van der Waals surface area contributed by atoms with Gasteiger partial charge in [-0.05, 0) is 18.2 Å². The van der Waals surface area contributed by atoms with Crippen LogP contribution in [-0.4, -0.2) is 33.3 Å². The quantitative estimate of drug-likeness (QED) is 0.802. The highest BCUT2D eigenvalue weighted by molar-refractivity contribution is 5.59. The van der Waals surface area contributed by atoms with Gasteiger partial charge in [-0.1, -0.05) is 18.2 Å². The van der Waals surface area contributed by atoms with Crippen molar-refractivity contribution in [2.45, 2.75) is 0 Å². The molecule has 1 aliphatic rings. The van der Waals surface area contributed by atoms with E-state index in [4.69, 9.17) is 4.74 Å². The molecule has 110 valence electrons. The molecule has 3 rings (SSSR count). The highest BCUT2D eigenvalue weighted by Crippen LogP contribution is 2.28. The maximum absolute atomic E-state index is 5.47. The Bertz CT molecular complexity index is 606. The van der Waals surface area contributed by atoms with Gasteiger partial charge in [-0.2, -0.15) is 0 Å². The molecule has 0 radical (unpaired) electrons. The van der Waals surface area contributed by atoms with E-state index < -0.39 is 0 Å². The molecule has 2 aromatic rings. The molecule has 0 saturated carbocycles. The van der Waals surface area contributed by atoms with Crippen LogP contribution in [0.1, 0.15) is 0 Å². The summed E-state index contributed by atoms with van der Waals surface area (Å²) in [5, 5.41) is 0. The molecule has 2 heterocycles. The number of benzene rings is 1. The number of para-hydroxylation sites is 2. The second-order valence-electron chi connectivity index (χ2n) is 5.32. The molecular weight excluding hydrogens is 262 g/mol. The zero-order valence-electron chi connectivity index (χ0n) is 12.7. The summed E-state index contributed by atoms with van der Waals surface area (Å²) in [4.78, 5) is 4.84. The number of methoxy groups -OCH3 is 1. The molecular formula is C17H22N3O+. The molecule has 0 aliphatic carbocycles. The van der Waals surface area contributed by atoms with Crippen molar-refractivity contribution in [1.82, 2.24) is 0 Å². The van der Waals surface area contributed by atoms with Crippen LogP contribution in [0.5, 0.6) is 5.75 Å². The van der Waals surface area contributed by atoms with Gasteiger partial charge in [0.05, 0.1) is 39.1 Å². The van der Waals surface area contributed by atoms with Gasteiger partial charge in [-0.25, -0.2) is 4.57 Å². The van der Waals surface area contributed by atoms with E-state index in [1.165, 1.54) is 11.5 Å². The summed E-state index contributed by atoms with van der Waals surface area (Å²) < 4.78 is 7.65. The molecule has 1 saturated heterocycles. The minimum Gasteiger partial charge on any atom is -0.495 e. The number of ether oxygens (including phenoxy) is 1. The number of hydrogen-bond donors (Lipinski definition) is 0. The first-order chi connectivity index (χ1) is 10.3. The molecule has 0 amide bonds. The number of aryl methyl sites for hydroxylation is 1. The van der Waals surface area contributed by atoms with Gasteiger partial charge in [0.2, 0.25) is 0 Å². The molecule has 0 unspecified atom stereocenters. The maximum atomic E-state index is 5.47. The molecule has 4 heteroatoms. The number of rotatable bonds is 3. The van der Waals surface area contributed by atoms with E-state index in [1.807, 2.05) is 12.1 Å². The van der Waals surface area contributed by atoms with Crippen LogP contribution < -0.4 is 19.1 Å². The van der Waals surface area contributed by atoms with Crippen LogP contribution in [0.4, 0.5) is 11.5 Å². The molecule has 0 atom stereocenters. The Morgan fingerprint density at radius 3 is 2.29 bits per heavy atom. The largest absolute Gasteiger partial charge is 0.495 e. The maximum Gasteiger partial charge on any atom is 0.276 e. The fraction of sp³-hybridized carbons (Fsp3) is 0.353. The van der Waals surface area contributed by atoms with Crippen molar-refractivity contribution in [1.29, 1.82) is 0 Å². The molecule has 4 nitrogen and oxygen atoms in total. The second-order valence-corrected chi connectivity index (χ2v) is 5.32. The third-order valence-electron chi connectivity index (χ3n) is 4.06. The fourth-order valence-corrected chi connectivity index (χ4v) is 2.91. The molecule has 21 heavy (non-hydrogen) atoms. The van der Waals surface area contributed by atoms with Crippen LogP contribution >= 0.6 is 0 Å². The van der Waals surface area contributed by atoms with E-state index in [9.17, 15) is 0 Å². The van der Waals surface area contributed by atoms with Crippen LogP contribution in [0.15, 0.2) is 48.7 Å². The SMILES string of the molecule is COc1ccccc1N1CCN(c2cccc[n+]2C)CC1. The molecule has 1 fully saturated rings. The molecule has 1 aromatic heterocycles. The molecule has 1 aliphatic heterocycles. The first-order valence-corrected chi connectivity index (χ1v) is 7.37. The monoisotopic (exact) mass is 284 g/mol. The van der Waals surface area contributed by atoms with E-state index >= 15 is 0 Å². The normalized spacial score (nSPS) is 15.1. The first kappa shape index (κ1) is 13.7. The summed E-state index contributed by atoms with van der Waals surface area (Å²) in [5.41, 5.74) is 1.19. The Morgan fingerprint density at radius 1 is 0.905 bits per heavy atom. The van der Waals surface area contributed by atoms with Crippen molar-refractivity contribution >= 4 is 11.5 Å². The Hall–Kier alpha value is -2.23. The van der Waals surface area contributed by atoms with Crippen molar-refractivity contribution in [3.63, 3.8) is 0 Å². The van der Waals surface area contributed by atoms with E-state index in [0.29, 0.717) is 0 Å². The zero-order chi connectivity index (χ0) is 14.7. The van der Waals surface area contributed by atoms with Gasteiger partial charge < -0.3 is 9.64 Å². The van der Waals surface area contributed by atoms with Crippen molar-refractivity contribution in [3.8, 4) is 5.75 Å². The van der Waals surface area contributed by atoms with Crippen LogP contribution in [-0.2, 0) is 7.05 Å². The highest BCUT2D eigenvalue weighted by atomic mass is 16.5. The first-order valence-electron chi connectivity index (χ1n) is 7.37. The van der Waals surface area contributed by atoms with Crippen molar-refractivity contribution < 1.29 is 9.30 Å². The predicted molar refractivity (Wildman–Crippen MR) is 85.0 cm³/mol. The van der Waals surface area contributed by atoms with Gasteiger partial charge in [0.15, 0.2) is 0 Å². The summed E-state index contributed by atoms with van der Waals surface area (Å²) in [6.45, 7) is 4.07. The topological polar surface area (TPSA) is 19.6 Å². The third kappa shape index (κ3) is 2.79. The highest BCUT2D eigenvalue weighted by Gasteiger charge is 2.25. The average molecular weight is 284 g/mol. The number of hydrogen-bond acceptors (Lipinski definition) is 3. The lowest BCUT2D eigenvalue weighted by Gasteiger charge is -2.33. The van der Waals surface area contributed by atoms with Crippen LogP contribution in [0.25, 0.3) is 0 Å². The van der Waals surface area contributed by atoms with Crippen molar-refractivity contribution in [2.75, 3.05) is 43.1 Å². The summed E-state index contributed by atoms with van der Waals surface area (Å²) in [6, 6.07) is 14.6. The van der Waals surface area contributed by atoms with Crippen LogP contribution in [0.3, 0.4) is 0 Å². The predicted octanol–water partition coefficient (Wildman–Crippen LogP) is 1.85. The van der Waals surface area contributed by atoms with Crippen LogP contribution in [0.2, 0.25) is 0 Å². The van der Waals surface area contributed by atoms with Crippen molar-refractivity contribution in [3.05, 3.63) is 48.7 Å². The summed E-state index contributed by atoms with van der Waals surface area (Å²) in [5.74, 6) is 2.23. The Balaban J connectivity index is 1.72. The lowest BCUT2D eigenvalue weighted by atomic mass is 10.2. The number of nitrogens with zero attached hydrogens (tertiary/aromatic N) is 3. The summed E-state index contributed by atoms with van der Waals surface area (Å²) in [6.07, 6.45) is 2.10. The van der Waals surface area contributed by atoms with Crippen molar-refractivity contribution in [2.24, 2.45) is 7.05 Å².